The Kier molecular flexibility index (Phi) is 6.27. The van der Waals surface area contributed by atoms with Crippen molar-refractivity contribution in [3.05, 3.63) is 64.1 Å². The predicted molar refractivity (Wildman–Crippen MR) is 91.6 cm³/mol. The summed E-state index contributed by atoms with van der Waals surface area (Å²) in [5, 5.41) is 3.51. The van der Waals surface area contributed by atoms with Crippen molar-refractivity contribution in [3.63, 3.8) is 0 Å². The zero-order valence-corrected chi connectivity index (χ0v) is 14.2. The molecule has 0 amide bonds. The Balaban J connectivity index is 2.06. The third-order valence-electron chi connectivity index (χ3n) is 3.37. The first-order valence-corrected chi connectivity index (χ1v) is 8.19. The Labute approximate surface area is 135 Å². The summed E-state index contributed by atoms with van der Waals surface area (Å²) in [4.78, 5) is 0. The summed E-state index contributed by atoms with van der Waals surface area (Å²) in [5.74, 6) is 0.952. The molecule has 112 valence electrons. The van der Waals surface area contributed by atoms with E-state index in [-0.39, 0.29) is 0 Å². The van der Waals surface area contributed by atoms with Gasteiger partial charge in [-0.15, -0.1) is 0 Å². The SMILES string of the molecule is CCCNC(C)c1ccccc1OCc1cccc(Br)c1. The zero-order valence-electron chi connectivity index (χ0n) is 12.6. The highest BCUT2D eigenvalue weighted by molar-refractivity contribution is 9.10. The van der Waals surface area contributed by atoms with Crippen molar-refractivity contribution in [3.8, 4) is 5.75 Å². The molecule has 0 heterocycles. The Morgan fingerprint density at radius 1 is 1.14 bits per heavy atom. The number of halogens is 1. The van der Waals surface area contributed by atoms with Crippen LogP contribution in [0.4, 0.5) is 0 Å². The van der Waals surface area contributed by atoms with Gasteiger partial charge >= 0.3 is 0 Å². The summed E-state index contributed by atoms with van der Waals surface area (Å²) in [6, 6.07) is 16.8. The highest BCUT2D eigenvalue weighted by atomic mass is 79.9. The molecule has 1 N–H and O–H groups in total. The maximum atomic E-state index is 6.02. The van der Waals surface area contributed by atoms with Crippen LogP contribution in [0.25, 0.3) is 0 Å². The molecular weight excluding hydrogens is 326 g/mol. The molecule has 0 saturated carbocycles. The van der Waals surface area contributed by atoms with E-state index in [9.17, 15) is 0 Å². The number of rotatable bonds is 7. The molecule has 0 saturated heterocycles. The van der Waals surface area contributed by atoms with Crippen LogP contribution in [0.1, 0.15) is 37.4 Å². The second kappa shape index (κ2) is 8.20. The van der Waals surface area contributed by atoms with Gasteiger partial charge in [0.05, 0.1) is 0 Å². The summed E-state index contributed by atoms with van der Waals surface area (Å²) in [5.41, 5.74) is 2.37. The second-order valence-electron chi connectivity index (χ2n) is 5.13. The van der Waals surface area contributed by atoms with Crippen LogP contribution < -0.4 is 10.1 Å². The fourth-order valence-electron chi connectivity index (χ4n) is 2.23. The lowest BCUT2D eigenvalue weighted by atomic mass is 10.1. The van der Waals surface area contributed by atoms with Crippen molar-refractivity contribution in [2.45, 2.75) is 32.9 Å². The fourth-order valence-corrected chi connectivity index (χ4v) is 2.67. The molecule has 2 aromatic carbocycles. The highest BCUT2D eigenvalue weighted by Gasteiger charge is 2.10. The Bertz CT molecular complexity index is 571. The van der Waals surface area contributed by atoms with Gasteiger partial charge in [0.25, 0.3) is 0 Å². The summed E-state index contributed by atoms with van der Waals surface area (Å²) in [7, 11) is 0. The lowest BCUT2D eigenvalue weighted by molar-refractivity contribution is 0.299. The Morgan fingerprint density at radius 3 is 2.71 bits per heavy atom. The third-order valence-corrected chi connectivity index (χ3v) is 3.86. The highest BCUT2D eigenvalue weighted by Crippen LogP contribution is 2.26. The van der Waals surface area contributed by atoms with E-state index < -0.39 is 0 Å². The molecule has 0 spiro atoms. The van der Waals surface area contributed by atoms with Gasteiger partial charge in [-0.2, -0.15) is 0 Å². The molecule has 0 aliphatic carbocycles. The number of para-hydroxylation sites is 1. The Hall–Kier alpha value is -1.32. The van der Waals surface area contributed by atoms with Crippen molar-refractivity contribution in [1.29, 1.82) is 0 Å². The number of ether oxygens (including phenoxy) is 1. The van der Waals surface area contributed by atoms with E-state index in [0.717, 1.165) is 28.8 Å². The summed E-state index contributed by atoms with van der Waals surface area (Å²) < 4.78 is 7.10. The first kappa shape index (κ1) is 16.1. The molecular formula is C18H22BrNO. The first-order valence-electron chi connectivity index (χ1n) is 7.40. The van der Waals surface area contributed by atoms with E-state index in [1.54, 1.807) is 0 Å². The standard InChI is InChI=1S/C18H22BrNO/c1-3-11-20-14(2)17-9-4-5-10-18(17)21-13-15-7-6-8-16(19)12-15/h4-10,12,14,20H,3,11,13H2,1-2H3. The van der Waals surface area contributed by atoms with Gasteiger partial charge in [-0.25, -0.2) is 0 Å². The number of nitrogens with one attached hydrogen (secondary N) is 1. The molecule has 1 unspecified atom stereocenters. The van der Waals surface area contributed by atoms with Crippen molar-refractivity contribution in [1.82, 2.24) is 5.32 Å². The van der Waals surface area contributed by atoms with E-state index in [4.69, 9.17) is 4.74 Å². The van der Waals surface area contributed by atoms with Gasteiger partial charge in [0.2, 0.25) is 0 Å². The second-order valence-corrected chi connectivity index (χ2v) is 6.05. The van der Waals surface area contributed by atoms with Gasteiger partial charge in [-0.3, -0.25) is 0 Å². The van der Waals surface area contributed by atoms with Gasteiger partial charge in [-0.05, 0) is 43.7 Å². The number of hydrogen-bond acceptors (Lipinski definition) is 2. The minimum absolute atomic E-state index is 0.295. The average molecular weight is 348 g/mol. The van der Waals surface area contributed by atoms with E-state index in [1.165, 1.54) is 5.56 Å². The van der Waals surface area contributed by atoms with E-state index >= 15 is 0 Å². The van der Waals surface area contributed by atoms with Crippen LogP contribution in [0.3, 0.4) is 0 Å². The molecule has 0 aliphatic heterocycles. The van der Waals surface area contributed by atoms with Crippen LogP contribution in [0.2, 0.25) is 0 Å². The van der Waals surface area contributed by atoms with Crippen LogP contribution in [0.15, 0.2) is 53.0 Å². The predicted octanol–water partition coefficient (Wildman–Crippen LogP) is 5.09. The van der Waals surface area contributed by atoms with Crippen molar-refractivity contribution in [2.75, 3.05) is 6.54 Å². The summed E-state index contributed by atoms with van der Waals surface area (Å²) in [6.45, 7) is 5.95. The van der Waals surface area contributed by atoms with Gasteiger partial charge in [0.1, 0.15) is 12.4 Å². The fraction of sp³-hybridized carbons (Fsp3) is 0.333. The van der Waals surface area contributed by atoms with Crippen LogP contribution >= 0.6 is 15.9 Å². The number of benzene rings is 2. The normalized spacial score (nSPS) is 12.1. The summed E-state index contributed by atoms with van der Waals surface area (Å²) >= 11 is 3.49. The molecule has 2 aromatic rings. The van der Waals surface area contributed by atoms with Crippen molar-refractivity contribution < 1.29 is 4.74 Å². The molecule has 0 aromatic heterocycles. The van der Waals surface area contributed by atoms with Crippen molar-refractivity contribution >= 4 is 15.9 Å². The molecule has 3 heteroatoms. The molecule has 1 atom stereocenters. The molecule has 0 aliphatic rings. The van der Waals surface area contributed by atoms with Crippen molar-refractivity contribution in [2.24, 2.45) is 0 Å². The first-order chi connectivity index (χ1) is 10.2. The topological polar surface area (TPSA) is 21.3 Å². The van der Waals surface area contributed by atoms with Crippen LogP contribution in [0, 0.1) is 0 Å². The molecule has 2 nitrogen and oxygen atoms in total. The third kappa shape index (κ3) is 4.87. The number of hydrogen-bond donors (Lipinski definition) is 1. The average Bonchev–Trinajstić information content (AvgIpc) is 2.51. The van der Waals surface area contributed by atoms with Crippen LogP contribution in [-0.2, 0) is 6.61 Å². The monoisotopic (exact) mass is 347 g/mol. The van der Waals surface area contributed by atoms with Crippen LogP contribution in [0.5, 0.6) is 5.75 Å². The van der Waals surface area contributed by atoms with Gasteiger partial charge in [-0.1, -0.05) is 53.2 Å². The largest absolute Gasteiger partial charge is 0.489 e. The van der Waals surface area contributed by atoms with E-state index in [0.29, 0.717) is 12.6 Å². The van der Waals surface area contributed by atoms with Crippen LogP contribution in [-0.4, -0.2) is 6.54 Å². The smallest absolute Gasteiger partial charge is 0.124 e. The quantitative estimate of drug-likeness (QED) is 0.753. The van der Waals surface area contributed by atoms with E-state index in [2.05, 4.69) is 59.4 Å². The van der Waals surface area contributed by atoms with Gasteiger partial charge < -0.3 is 10.1 Å². The van der Waals surface area contributed by atoms with E-state index in [1.807, 2.05) is 24.3 Å². The maximum Gasteiger partial charge on any atom is 0.124 e. The molecule has 2 rings (SSSR count). The lowest BCUT2D eigenvalue weighted by Gasteiger charge is -2.18. The molecule has 0 radical (unpaired) electrons. The maximum absolute atomic E-state index is 6.02. The van der Waals surface area contributed by atoms with Gasteiger partial charge in [0, 0.05) is 16.1 Å². The zero-order chi connectivity index (χ0) is 15.1. The minimum Gasteiger partial charge on any atom is -0.489 e. The minimum atomic E-state index is 0.295. The molecule has 21 heavy (non-hydrogen) atoms. The molecule has 0 bridgehead atoms. The summed E-state index contributed by atoms with van der Waals surface area (Å²) in [6.07, 6.45) is 1.13. The lowest BCUT2D eigenvalue weighted by Crippen LogP contribution is -2.19. The van der Waals surface area contributed by atoms with Gasteiger partial charge in [0.15, 0.2) is 0 Å². The molecule has 0 fully saturated rings. The Morgan fingerprint density at radius 2 is 1.95 bits per heavy atom.